The van der Waals surface area contributed by atoms with Crippen LogP contribution in [0.4, 0.5) is 5.82 Å². The number of carbonyl (C=O) groups excluding carboxylic acids is 1. The molecule has 2 aromatic heterocycles. The molecule has 2 N–H and O–H groups in total. The smallest absolute Gasteiger partial charge is 0.255 e. The lowest BCUT2D eigenvalue weighted by molar-refractivity contribution is 0.0623. The molecule has 2 aliphatic heterocycles. The second-order valence-corrected chi connectivity index (χ2v) is 10.4. The van der Waals surface area contributed by atoms with E-state index in [4.69, 9.17) is 17.3 Å². The molecular formula is C29H35ClN6O. The standard InChI is InChI=1S/C29H35ClN6O/c1-2-25-27(21-8-10-26(31)32-18-21)28(34-19-33-25)20-7-9-23(24(30)17-20)29(37)36-15-11-22(12-16-36)35-13-5-3-4-6-14-35/h7-10,17-19,22H,2-6,11-16H2,1H3,(H2,31,32). The van der Waals surface area contributed by atoms with Crippen LogP contribution >= 0.6 is 11.6 Å². The molecular weight excluding hydrogens is 484 g/mol. The molecule has 0 unspecified atom stereocenters. The molecule has 2 aliphatic rings. The van der Waals surface area contributed by atoms with Gasteiger partial charge in [-0.25, -0.2) is 15.0 Å². The monoisotopic (exact) mass is 518 g/mol. The molecule has 2 saturated heterocycles. The van der Waals surface area contributed by atoms with Crippen molar-refractivity contribution in [2.45, 2.75) is 57.9 Å². The van der Waals surface area contributed by atoms with E-state index in [-0.39, 0.29) is 5.91 Å². The molecule has 8 heteroatoms. The number of hydrogen-bond donors (Lipinski definition) is 1. The molecule has 194 valence electrons. The molecule has 7 nitrogen and oxygen atoms in total. The predicted octanol–water partition coefficient (Wildman–Crippen LogP) is 5.48. The molecule has 0 bridgehead atoms. The lowest BCUT2D eigenvalue weighted by Crippen LogP contribution is -2.47. The second-order valence-electron chi connectivity index (χ2n) is 10.0. The summed E-state index contributed by atoms with van der Waals surface area (Å²) in [6.45, 7) is 6.01. The van der Waals surface area contributed by atoms with Gasteiger partial charge in [0.05, 0.1) is 22.0 Å². The minimum absolute atomic E-state index is 0.00533. The van der Waals surface area contributed by atoms with E-state index in [9.17, 15) is 4.79 Å². The van der Waals surface area contributed by atoms with Gasteiger partial charge in [-0.1, -0.05) is 37.4 Å². The fourth-order valence-electron chi connectivity index (χ4n) is 5.67. The Labute approximate surface area is 224 Å². The molecule has 0 radical (unpaired) electrons. The van der Waals surface area contributed by atoms with Gasteiger partial charge in [0.25, 0.3) is 5.91 Å². The molecule has 1 aromatic carbocycles. The number of piperidine rings is 1. The van der Waals surface area contributed by atoms with Crippen molar-refractivity contribution < 1.29 is 4.79 Å². The fraction of sp³-hybridized carbons (Fsp3) is 0.448. The molecule has 0 spiro atoms. The van der Waals surface area contributed by atoms with E-state index in [2.05, 4.69) is 26.8 Å². The largest absolute Gasteiger partial charge is 0.384 e. The highest BCUT2D eigenvalue weighted by atomic mass is 35.5. The van der Waals surface area contributed by atoms with Gasteiger partial charge in [-0.2, -0.15) is 0 Å². The highest BCUT2D eigenvalue weighted by Crippen LogP contribution is 2.35. The Balaban J connectivity index is 1.35. The maximum Gasteiger partial charge on any atom is 0.255 e. The van der Waals surface area contributed by atoms with E-state index >= 15 is 0 Å². The summed E-state index contributed by atoms with van der Waals surface area (Å²) in [5.74, 6) is 0.465. The Morgan fingerprint density at radius 3 is 2.35 bits per heavy atom. The summed E-state index contributed by atoms with van der Waals surface area (Å²) in [7, 11) is 0. The van der Waals surface area contributed by atoms with Gasteiger partial charge in [0, 0.05) is 42.0 Å². The predicted molar refractivity (Wildman–Crippen MR) is 148 cm³/mol. The van der Waals surface area contributed by atoms with Crippen LogP contribution in [-0.4, -0.2) is 62.9 Å². The zero-order valence-electron chi connectivity index (χ0n) is 21.5. The van der Waals surface area contributed by atoms with Crippen LogP contribution in [0.3, 0.4) is 0 Å². The van der Waals surface area contributed by atoms with Crippen molar-refractivity contribution in [3.05, 3.63) is 59.1 Å². The summed E-state index contributed by atoms with van der Waals surface area (Å²) in [5.41, 5.74) is 10.7. The lowest BCUT2D eigenvalue weighted by atomic mass is 9.96. The summed E-state index contributed by atoms with van der Waals surface area (Å²) in [6, 6.07) is 9.90. The first-order valence-corrected chi connectivity index (χ1v) is 13.8. The number of rotatable bonds is 5. The first kappa shape index (κ1) is 25.6. The average molecular weight is 519 g/mol. The maximum atomic E-state index is 13.4. The van der Waals surface area contributed by atoms with Gasteiger partial charge in [0.2, 0.25) is 0 Å². The van der Waals surface area contributed by atoms with E-state index in [0.29, 0.717) is 22.4 Å². The summed E-state index contributed by atoms with van der Waals surface area (Å²) >= 11 is 6.73. The highest BCUT2D eigenvalue weighted by Gasteiger charge is 2.28. The number of nitrogens with two attached hydrogens (primary N) is 1. The molecule has 0 aliphatic carbocycles. The highest BCUT2D eigenvalue weighted by molar-refractivity contribution is 6.34. The second kappa shape index (κ2) is 11.6. The molecule has 0 atom stereocenters. The van der Waals surface area contributed by atoms with Crippen LogP contribution in [-0.2, 0) is 6.42 Å². The third-order valence-electron chi connectivity index (χ3n) is 7.72. The van der Waals surface area contributed by atoms with E-state index in [1.165, 1.54) is 38.8 Å². The topological polar surface area (TPSA) is 88.2 Å². The van der Waals surface area contributed by atoms with Gasteiger partial charge in [0.1, 0.15) is 12.1 Å². The SMILES string of the molecule is CCc1ncnc(-c2ccc(C(=O)N3CCC(N4CCCCCC4)CC3)c(Cl)c2)c1-c1ccc(N)nc1. The van der Waals surface area contributed by atoms with Crippen LogP contribution in [0, 0.1) is 0 Å². The summed E-state index contributed by atoms with van der Waals surface area (Å²) in [5, 5.41) is 0.440. The minimum atomic E-state index is 0.00533. The Morgan fingerprint density at radius 2 is 1.70 bits per heavy atom. The minimum Gasteiger partial charge on any atom is -0.384 e. The van der Waals surface area contributed by atoms with E-state index in [0.717, 1.165) is 60.4 Å². The number of halogens is 1. The maximum absolute atomic E-state index is 13.4. The zero-order valence-corrected chi connectivity index (χ0v) is 22.3. The molecule has 5 rings (SSSR count). The average Bonchev–Trinajstić information content (AvgIpc) is 3.22. The van der Waals surface area contributed by atoms with Crippen LogP contribution in [0.2, 0.25) is 5.02 Å². The van der Waals surface area contributed by atoms with E-state index in [1.807, 2.05) is 29.2 Å². The van der Waals surface area contributed by atoms with Gasteiger partial charge in [0.15, 0.2) is 0 Å². The molecule has 37 heavy (non-hydrogen) atoms. The first-order chi connectivity index (χ1) is 18.0. The number of amides is 1. The van der Waals surface area contributed by atoms with Crippen molar-refractivity contribution in [2.24, 2.45) is 0 Å². The summed E-state index contributed by atoms with van der Waals surface area (Å²) < 4.78 is 0. The number of nitrogen functional groups attached to an aromatic ring is 1. The van der Waals surface area contributed by atoms with Crippen molar-refractivity contribution in [1.29, 1.82) is 0 Å². The number of likely N-dealkylation sites (tertiary alicyclic amines) is 2. The number of pyridine rings is 1. The molecule has 3 aromatic rings. The Morgan fingerprint density at radius 1 is 0.973 bits per heavy atom. The number of hydrogen-bond acceptors (Lipinski definition) is 6. The van der Waals surface area contributed by atoms with Gasteiger partial charge in [-0.05, 0) is 69.5 Å². The summed E-state index contributed by atoms with van der Waals surface area (Å²) in [6.07, 6.45) is 11.4. The van der Waals surface area contributed by atoms with Gasteiger partial charge in [-0.3, -0.25) is 4.79 Å². The molecule has 2 fully saturated rings. The number of aryl methyl sites for hydroxylation is 1. The van der Waals surface area contributed by atoms with Crippen molar-refractivity contribution in [3.8, 4) is 22.4 Å². The number of anilines is 1. The van der Waals surface area contributed by atoms with E-state index < -0.39 is 0 Å². The quantitative estimate of drug-likeness (QED) is 0.481. The van der Waals surface area contributed by atoms with Gasteiger partial charge in [-0.15, -0.1) is 0 Å². The van der Waals surface area contributed by atoms with Crippen LogP contribution in [0.5, 0.6) is 0 Å². The normalized spacial score (nSPS) is 17.5. The van der Waals surface area contributed by atoms with Crippen LogP contribution in [0.1, 0.15) is 61.5 Å². The summed E-state index contributed by atoms with van der Waals surface area (Å²) in [4.78, 5) is 31.4. The van der Waals surface area contributed by atoms with Crippen molar-refractivity contribution in [3.63, 3.8) is 0 Å². The third-order valence-corrected chi connectivity index (χ3v) is 8.03. The zero-order chi connectivity index (χ0) is 25.8. The van der Waals surface area contributed by atoms with Crippen molar-refractivity contribution in [2.75, 3.05) is 31.9 Å². The van der Waals surface area contributed by atoms with Crippen LogP contribution < -0.4 is 5.73 Å². The third kappa shape index (κ3) is 5.63. The van der Waals surface area contributed by atoms with Crippen LogP contribution in [0.25, 0.3) is 22.4 Å². The first-order valence-electron chi connectivity index (χ1n) is 13.4. The van der Waals surface area contributed by atoms with Gasteiger partial charge >= 0.3 is 0 Å². The number of carbonyl (C=O) groups is 1. The number of aromatic nitrogens is 3. The van der Waals surface area contributed by atoms with Crippen molar-refractivity contribution >= 4 is 23.3 Å². The van der Waals surface area contributed by atoms with E-state index in [1.54, 1.807) is 18.6 Å². The number of nitrogens with zero attached hydrogens (tertiary/aromatic N) is 5. The lowest BCUT2D eigenvalue weighted by Gasteiger charge is -2.38. The molecule has 4 heterocycles. The molecule has 0 saturated carbocycles. The van der Waals surface area contributed by atoms with Crippen molar-refractivity contribution in [1.82, 2.24) is 24.8 Å². The Hall–Kier alpha value is -3.03. The Bertz CT molecular complexity index is 1230. The fourth-order valence-corrected chi connectivity index (χ4v) is 5.93. The van der Waals surface area contributed by atoms with Crippen LogP contribution in [0.15, 0.2) is 42.9 Å². The van der Waals surface area contributed by atoms with Gasteiger partial charge < -0.3 is 15.5 Å². The molecule has 1 amide bonds. The number of benzene rings is 1. The Kier molecular flexibility index (Phi) is 8.01.